The summed E-state index contributed by atoms with van der Waals surface area (Å²) in [5.74, 6) is 1.42. The van der Waals surface area contributed by atoms with Crippen molar-refractivity contribution in [3.63, 3.8) is 0 Å². The number of amides is 1. The first-order valence-electron chi connectivity index (χ1n) is 7.28. The molecule has 1 aromatic rings. The van der Waals surface area contributed by atoms with E-state index in [0.717, 1.165) is 30.8 Å². The van der Waals surface area contributed by atoms with Gasteiger partial charge in [-0.3, -0.25) is 0 Å². The van der Waals surface area contributed by atoms with Gasteiger partial charge in [0.05, 0.1) is 5.69 Å². The van der Waals surface area contributed by atoms with E-state index in [-0.39, 0.29) is 11.5 Å². The number of rotatable bonds is 2. The largest absolute Gasteiger partial charge is 0.444 e. The van der Waals surface area contributed by atoms with Crippen molar-refractivity contribution >= 4 is 6.09 Å². The van der Waals surface area contributed by atoms with Crippen LogP contribution in [-0.4, -0.2) is 34.8 Å². The standard InChI is InChI=1S/C15H22N2O3/c1-5-11-6-12(16-20-11)15-7-10(15)8-17(9-15)13(18)19-14(2,3)4/h6,10H,5,7-9H2,1-4H3. The fraction of sp³-hybridized carbons (Fsp3) is 0.733. The molecule has 2 fully saturated rings. The van der Waals surface area contributed by atoms with Gasteiger partial charge in [-0.2, -0.15) is 0 Å². The molecule has 1 aliphatic carbocycles. The Kier molecular flexibility index (Phi) is 2.85. The van der Waals surface area contributed by atoms with Crippen LogP contribution in [0.3, 0.4) is 0 Å². The zero-order valence-corrected chi connectivity index (χ0v) is 12.6. The fourth-order valence-corrected chi connectivity index (χ4v) is 3.06. The summed E-state index contributed by atoms with van der Waals surface area (Å²) in [6.45, 7) is 9.19. The van der Waals surface area contributed by atoms with Gasteiger partial charge in [0.25, 0.3) is 0 Å². The SMILES string of the molecule is CCc1cc(C23CC2CN(C(=O)OC(C)(C)C)C3)no1. The van der Waals surface area contributed by atoms with E-state index in [1.165, 1.54) is 0 Å². The van der Waals surface area contributed by atoms with Crippen molar-refractivity contribution in [3.05, 3.63) is 17.5 Å². The van der Waals surface area contributed by atoms with E-state index in [9.17, 15) is 4.79 Å². The Hall–Kier alpha value is -1.52. The molecule has 20 heavy (non-hydrogen) atoms. The molecule has 2 atom stereocenters. The lowest BCUT2D eigenvalue weighted by Crippen LogP contribution is -2.37. The average molecular weight is 278 g/mol. The van der Waals surface area contributed by atoms with Crippen LogP contribution in [0.25, 0.3) is 0 Å². The maximum atomic E-state index is 12.1. The lowest BCUT2D eigenvalue weighted by atomic mass is 10.0. The van der Waals surface area contributed by atoms with Crippen molar-refractivity contribution in [1.82, 2.24) is 10.1 Å². The fourth-order valence-electron chi connectivity index (χ4n) is 3.06. The van der Waals surface area contributed by atoms with Crippen LogP contribution in [0.5, 0.6) is 0 Å². The number of nitrogens with zero attached hydrogens (tertiary/aromatic N) is 2. The number of piperidine rings is 1. The number of fused-ring (bicyclic) bond motifs is 1. The number of hydrogen-bond acceptors (Lipinski definition) is 4. The van der Waals surface area contributed by atoms with Crippen LogP contribution < -0.4 is 0 Å². The molecule has 0 N–H and O–H groups in total. The average Bonchev–Trinajstić information content (AvgIpc) is 2.79. The molecule has 1 aliphatic heterocycles. The maximum absolute atomic E-state index is 12.1. The lowest BCUT2D eigenvalue weighted by Gasteiger charge is -2.26. The number of aromatic nitrogens is 1. The molecule has 0 spiro atoms. The Balaban J connectivity index is 1.70. The van der Waals surface area contributed by atoms with Crippen molar-refractivity contribution in [3.8, 4) is 0 Å². The minimum Gasteiger partial charge on any atom is -0.444 e. The van der Waals surface area contributed by atoms with Crippen molar-refractivity contribution in [2.75, 3.05) is 13.1 Å². The second-order valence-corrected chi connectivity index (χ2v) is 6.95. The van der Waals surface area contributed by atoms with Gasteiger partial charge in [0.1, 0.15) is 11.4 Å². The van der Waals surface area contributed by atoms with Crippen molar-refractivity contribution in [2.24, 2.45) is 5.92 Å². The normalized spacial score (nSPS) is 28.4. The predicted molar refractivity (Wildman–Crippen MR) is 73.5 cm³/mol. The minimum atomic E-state index is -0.444. The molecule has 0 aromatic carbocycles. The molecule has 2 unspecified atom stereocenters. The van der Waals surface area contributed by atoms with Crippen LogP contribution in [0.2, 0.25) is 0 Å². The zero-order chi connectivity index (χ0) is 14.5. The van der Waals surface area contributed by atoms with Gasteiger partial charge in [0, 0.05) is 31.0 Å². The molecule has 2 heterocycles. The molecule has 2 aliphatic rings. The third kappa shape index (κ3) is 2.19. The Labute approximate surface area is 119 Å². The summed E-state index contributed by atoms with van der Waals surface area (Å²) in [6, 6.07) is 2.04. The topological polar surface area (TPSA) is 55.6 Å². The maximum Gasteiger partial charge on any atom is 0.410 e. The van der Waals surface area contributed by atoms with E-state index in [4.69, 9.17) is 9.26 Å². The molecule has 5 nitrogen and oxygen atoms in total. The van der Waals surface area contributed by atoms with Crippen molar-refractivity contribution in [1.29, 1.82) is 0 Å². The van der Waals surface area contributed by atoms with Crippen LogP contribution in [0.1, 0.15) is 45.6 Å². The third-order valence-electron chi connectivity index (χ3n) is 4.22. The van der Waals surface area contributed by atoms with Gasteiger partial charge >= 0.3 is 6.09 Å². The highest BCUT2D eigenvalue weighted by atomic mass is 16.6. The number of ether oxygens (including phenoxy) is 1. The summed E-state index contributed by atoms with van der Waals surface area (Å²) in [4.78, 5) is 13.9. The minimum absolute atomic E-state index is 0.0217. The summed E-state index contributed by atoms with van der Waals surface area (Å²) >= 11 is 0. The molecule has 1 amide bonds. The second kappa shape index (κ2) is 4.24. The first-order valence-corrected chi connectivity index (χ1v) is 7.28. The highest BCUT2D eigenvalue weighted by Gasteiger charge is 2.63. The molecule has 1 saturated carbocycles. The van der Waals surface area contributed by atoms with Gasteiger partial charge < -0.3 is 14.2 Å². The summed E-state index contributed by atoms with van der Waals surface area (Å²) < 4.78 is 10.8. The Morgan fingerprint density at radius 1 is 1.60 bits per heavy atom. The lowest BCUT2D eigenvalue weighted by molar-refractivity contribution is 0.0269. The number of hydrogen-bond donors (Lipinski definition) is 0. The highest BCUT2D eigenvalue weighted by molar-refractivity contribution is 5.69. The zero-order valence-electron chi connectivity index (χ0n) is 12.6. The third-order valence-corrected chi connectivity index (χ3v) is 4.22. The summed E-state index contributed by atoms with van der Waals surface area (Å²) in [5, 5.41) is 4.20. The molecular formula is C15H22N2O3. The van der Waals surface area contributed by atoms with Gasteiger partial charge in [0.2, 0.25) is 0 Å². The van der Waals surface area contributed by atoms with E-state index < -0.39 is 5.60 Å². The predicted octanol–water partition coefficient (Wildman–Crippen LogP) is 2.75. The van der Waals surface area contributed by atoms with E-state index in [1.807, 2.05) is 33.8 Å². The number of carbonyl (C=O) groups excluding carboxylic acids is 1. The van der Waals surface area contributed by atoms with Crippen molar-refractivity contribution < 1.29 is 14.1 Å². The number of aryl methyl sites for hydroxylation is 1. The van der Waals surface area contributed by atoms with Gasteiger partial charge in [-0.15, -0.1) is 0 Å². The molecule has 5 heteroatoms. The van der Waals surface area contributed by atoms with Crippen LogP contribution >= 0.6 is 0 Å². The summed E-state index contributed by atoms with van der Waals surface area (Å²) in [7, 11) is 0. The van der Waals surface area contributed by atoms with Gasteiger partial charge in [0.15, 0.2) is 0 Å². The summed E-state index contributed by atoms with van der Waals surface area (Å²) in [6.07, 6.45) is 1.73. The smallest absolute Gasteiger partial charge is 0.410 e. The first-order chi connectivity index (χ1) is 9.34. The van der Waals surface area contributed by atoms with E-state index in [2.05, 4.69) is 5.16 Å². The number of carbonyl (C=O) groups is 1. The van der Waals surface area contributed by atoms with Crippen LogP contribution in [0.4, 0.5) is 4.79 Å². The Morgan fingerprint density at radius 3 is 2.95 bits per heavy atom. The molecule has 3 rings (SSSR count). The molecule has 110 valence electrons. The van der Waals surface area contributed by atoms with Crippen LogP contribution in [-0.2, 0) is 16.6 Å². The Morgan fingerprint density at radius 2 is 2.35 bits per heavy atom. The molecule has 0 bridgehead atoms. The molecular weight excluding hydrogens is 256 g/mol. The quantitative estimate of drug-likeness (QED) is 0.834. The van der Waals surface area contributed by atoms with Gasteiger partial charge in [-0.1, -0.05) is 12.1 Å². The van der Waals surface area contributed by atoms with E-state index in [0.29, 0.717) is 12.5 Å². The molecule has 1 aromatic heterocycles. The van der Waals surface area contributed by atoms with Crippen molar-refractivity contribution in [2.45, 2.75) is 51.6 Å². The molecule has 0 radical (unpaired) electrons. The Bertz CT molecular complexity index is 531. The van der Waals surface area contributed by atoms with Gasteiger partial charge in [-0.05, 0) is 33.1 Å². The monoisotopic (exact) mass is 278 g/mol. The number of likely N-dealkylation sites (tertiary alicyclic amines) is 1. The van der Waals surface area contributed by atoms with E-state index >= 15 is 0 Å². The van der Waals surface area contributed by atoms with Gasteiger partial charge in [-0.25, -0.2) is 4.79 Å². The van der Waals surface area contributed by atoms with Crippen LogP contribution in [0, 0.1) is 5.92 Å². The second-order valence-electron chi connectivity index (χ2n) is 6.95. The summed E-state index contributed by atoms with van der Waals surface area (Å²) in [5.41, 5.74) is 0.583. The van der Waals surface area contributed by atoms with E-state index in [1.54, 1.807) is 4.90 Å². The highest BCUT2D eigenvalue weighted by Crippen LogP contribution is 2.58. The molecule has 1 saturated heterocycles. The van der Waals surface area contributed by atoms with Crippen LogP contribution in [0.15, 0.2) is 10.6 Å². The first kappa shape index (κ1) is 13.5.